The predicted molar refractivity (Wildman–Crippen MR) is 87.1 cm³/mol. The number of carbonyl (C=O) groups is 2. The van der Waals surface area contributed by atoms with Gasteiger partial charge >= 0.3 is 0 Å². The van der Waals surface area contributed by atoms with Crippen molar-refractivity contribution in [1.82, 2.24) is 4.98 Å². The summed E-state index contributed by atoms with van der Waals surface area (Å²) in [6, 6.07) is 14.8. The van der Waals surface area contributed by atoms with Gasteiger partial charge in [0.05, 0.1) is 6.42 Å². The lowest BCUT2D eigenvalue weighted by molar-refractivity contribution is -0.115. The van der Waals surface area contributed by atoms with E-state index in [1.807, 2.05) is 30.5 Å². The zero-order chi connectivity index (χ0) is 15.5. The van der Waals surface area contributed by atoms with Gasteiger partial charge in [-0.15, -0.1) is 0 Å². The minimum absolute atomic E-state index is 0.0108. The maximum absolute atomic E-state index is 12.2. The van der Waals surface area contributed by atoms with Gasteiger partial charge in [-0.25, -0.2) is 0 Å². The second kappa shape index (κ2) is 5.85. The van der Waals surface area contributed by atoms with Crippen LogP contribution in [0.2, 0.25) is 0 Å². The number of carbonyl (C=O) groups excluding carboxylic acids is 2. The molecule has 0 aliphatic carbocycles. The van der Waals surface area contributed by atoms with Crippen LogP contribution in [0.3, 0.4) is 0 Å². The van der Waals surface area contributed by atoms with Crippen LogP contribution in [0, 0.1) is 0 Å². The smallest absolute Gasteiger partial charge is 0.228 e. The van der Waals surface area contributed by atoms with E-state index in [9.17, 15) is 9.59 Å². The van der Waals surface area contributed by atoms with E-state index in [0.717, 1.165) is 16.5 Å². The van der Waals surface area contributed by atoms with Gasteiger partial charge in [-0.2, -0.15) is 0 Å². The van der Waals surface area contributed by atoms with Gasteiger partial charge in [0.2, 0.25) is 5.91 Å². The third-order valence-electron chi connectivity index (χ3n) is 3.60. The third-order valence-corrected chi connectivity index (χ3v) is 3.60. The number of anilines is 1. The number of amides is 1. The molecule has 0 unspecified atom stereocenters. The van der Waals surface area contributed by atoms with Gasteiger partial charge in [0.25, 0.3) is 0 Å². The number of aromatic amines is 1. The molecular formula is C18H16N2O2. The second-order valence-electron chi connectivity index (χ2n) is 5.22. The highest BCUT2D eigenvalue weighted by molar-refractivity contribution is 5.97. The molecule has 0 aliphatic heterocycles. The van der Waals surface area contributed by atoms with Crippen LogP contribution in [0.4, 0.5) is 5.69 Å². The number of rotatable bonds is 4. The van der Waals surface area contributed by atoms with E-state index in [4.69, 9.17) is 0 Å². The van der Waals surface area contributed by atoms with Crippen molar-refractivity contribution in [2.24, 2.45) is 0 Å². The quantitative estimate of drug-likeness (QED) is 0.722. The zero-order valence-corrected chi connectivity index (χ0v) is 12.2. The number of fused-ring (bicyclic) bond motifs is 1. The van der Waals surface area contributed by atoms with Crippen molar-refractivity contribution < 1.29 is 9.59 Å². The maximum Gasteiger partial charge on any atom is 0.228 e. The van der Waals surface area contributed by atoms with E-state index in [0.29, 0.717) is 17.7 Å². The van der Waals surface area contributed by atoms with Gasteiger partial charge in [0, 0.05) is 28.4 Å². The van der Waals surface area contributed by atoms with Gasteiger partial charge in [0.15, 0.2) is 5.78 Å². The predicted octanol–water partition coefficient (Wildman–Crippen LogP) is 3.55. The summed E-state index contributed by atoms with van der Waals surface area (Å²) in [5.41, 5.74) is 3.31. The van der Waals surface area contributed by atoms with Gasteiger partial charge in [-0.1, -0.05) is 18.2 Å². The Kier molecular flexibility index (Phi) is 3.74. The molecule has 0 bridgehead atoms. The summed E-state index contributed by atoms with van der Waals surface area (Å²) in [6.45, 7) is 1.52. The number of hydrogen-bond donors (Lipinski definition) is 2. The van der Waals surface area contributed by atoms with Crippen molar-refractivity contribution in [2.45, 2.75) is 13.3 Å². The average Bonchev–Trinajstić information content (AvgIpc) is 2.91. The standard InChI is InChI=1S/C18H16N2O2/c1-12(21)13-6-8-15(9-7-13)20-18(22)10-14-11-19-17-5-3-2-4-16(14)17/h2-9,11,19H,10H2,1H3,(H,20,22). The molecule has 22 heavy (non-hydrogen) atoms. The Bertz CT molecular complexity index is 832. The summed E-state index contributed by atoms with van der Waals surface area (Å²) in [5, 5.41) is 3.91. The van der Waals surface area contributed by atoms with Gasteiger partial charge in [-0.3, -0.25) is 9.59 Å². The number of Topliss-reactive ketones (excluding diaryl/α,β-unsaturated/α-hetero) is 1. The number of para-hydroxylation sites is 1. The SMILES string of the molecule is CC(=O)c1ccc(NC(=O)Cc2c[nH]c3ccccc23)cc1. The number of ketones is 1. The Morgan fingerprint density at radius 1 is 1.05 bits per heavy atom. The molecule has 0 fully saturated rings. The molecule has 0 spiro atoms. The fourth-order valence-electron chi connectivity index (χ4n) is 2.44. The molecule has 3 rings (SSSR count). The van der Waals surface area contributed by atoms with E-state index in [1.54, 1.807) is 24.3 Å². The van der Waals surface area contributed by atoms with E-state index in [2.05, 4.69) is 10.3 Å². The molecule has 2 aromatic carbocycles. The molecule has 0 atom stereocenters. The lowest BCUT2D eigenvalue weighted by Gasteiger charge is -2.05. The van der Waals surface area contributed by atoms with Crippen molar-refractivity contribution >= 4 is 28.3 Å². The van der Waals surface area contributed by atoms with Crippen LogP contribution < -0.4 is 5.32 Å². The Morgan fingerprint density at radius 3 is 2.50 bits per heavy atom. The van der Waals surface area contributed by atoms with E-state index in [1.165, 1.54) is 6.92 Å². The first kappa shape index (κ1) is 14.1. The van der Waals surface area contributed by atoms with Crippen LogP contribution in [-0.2, 0) is 11.2 Å². The summed E-state index contributed by atoms with van der Waals surface area (Å²) in [6.07, 6.45) is 2.17. The Hall–Kier alpha value is -2.88. The topological polar surface area (TPSA) is 62.0 Å². The van der Waals surface area contributed by atoms with Crippen LogP contribution in [-0.4, -0.2) is 16.7 Å². The van der Waals surface area contributed by atoms with E-state index >= 15 is 0 Å². The molecule has 0 saturated heterocycles. The molecule has 2 N–H and O–H groups in total. The third kappa shape index (κ3) is 2.91. The monoisotopic (exact) mass is 292 g/mol. The van der Waals surface area contributed by atoms with Crippen LogP contribution >= 0.6 is 0 Å². The zero-order valence-electron chi connectivity index (χ0n) is 12.2. The second-order valence-corrected chi connectivity index (χ2v) is 5.22. The van der Waals surface area contributed by atoms with Gasteiger partial charge in [0.1, 0.15) is 0 Å². The summed E-state index contributed by atoms with van der Waals surface area (Å²) in [4.78, 5) is 26.5. The Labute approximate surface area is 128 Å². The van der Waals surface area contributed by atoms with Crippen LogP contribution in [0.25, 0.3) is 10.9 Å². The average molecular weight is 292 g/mol. The minimum Gasteiger partial charge on any atom is -0.361 e. The molecule has 3 aromatic rings. The molecule has 1 heterocycles. The molecule has 0 radical (unpaired) electrons. The molecule has 0 aliphatic rings. The normalized spacial score (nSPS) is 10.6. The minimum atomic E-state index is -0.0830. The van der Waals surface area contributed by atoms with Crippen LogP contribution in [0.15, 0.2) is 54.7 Å². The van der Waals surface area contributed by atoms with Gasteiger partial charge in [-0.05, 0) is 42.8 Å². The highest BCUT2D eigenvalue weighted by atomic mass is 16.1. The lowest BCUT2D eigenvalue weighted by Crippen LogP contribution is -2.14. The first-order valence-corrected chi connectivity index (χ1v) is 7.09. The summed E-state index contributed by atoms with van der Waals surface area (Å²) in [5.74, 6) is -0.0722. The number of nitrogens with one attached hydrogen (secondary N) is 2. The van der Waals surface area contributed by atoms with Crippen LogP contribution in [0.5, 0.6) is 0 Å². The highest BCUT2D eigenvalue weighted by Gasteiger charge is 2.09. The summed E-state index contributed by atoms with van der Waals surface area (Å²) < 4.78 is 0. The molecule has 4 heteroatoms. The Balaban J connectivity index is 1.71. The van der Waals surface area contributed by atoms with Gasteiger partial charge < -0.3 is 10.3 Å². The Morgan fingerprint density at radius 2 is 1.77 bits per heavy atom. The molecule has 0 saturated carbocycles. The molecular weight excluding hydrogens is 276 g/mol. The van der Waals surface area contributed by atoms with E-state index < -0.39 is 0 Å². The molecule has 4 nitrogen and oxygen atoms in total. The number of aromatic nitrogens is 1. The first-order chi connectivity index (χ1) is 10.6. The van der Waals surface area contributed by atoms with Crippen molar-refractivity contribution in [3.8, 4) is 0 Å². The fourth-order valence-corrected chi connectivity index (χ4v) is 2.44. The van der Waals surface area contributed by atoms with Crippen molar-refractivity contribution in [3.63, 3.8) is 0 Å². The molecule has 1 amide bonds. The highest BCUT2D eigenvalue weighted by Crippen LogP contribution is 2.18. The summed E-state index contributed by atoms with van der Waals surface area (Å²) in [7, 11) is 0. The fraction of sp³-hybridized carbons (Fsp3) is 0.111. The first-order valence-electron chi connectivity index (χ1n) is 7.09. The number of H-pyrrole nitrogens is 1. The van der Waals surface area contributed by atoms with E-state index in [-0.39, 0.29) is 11.7 Å². The van der Waals surface area contributed by atoms with Crippen LogP contribution in [0.1, 0.15) is 22.8 Å². The molecule has 1 aromatic heterocycles. The molecule has 110 valence electrons. The number of benzene rings is 2. The van der Waals surface area contributed by atoms with Crippen molar-refractivity contribution in [1.29, 1.82) is 0 Å². The maximum atomic E-state index is 12.2. The summed E-state index contributed by atoms with van der Waals surface area (Å²) >= 11 is 0. The van der Waals surface area contributed by atoms with Crippen molar-refractivity contribution in [2.75, 3.05) is 5.32 Å². The lowest BCUT2D eigenvalue weighted by atomic mass is 10.1. The largest absolute Gasteiger partial charge is 0.361 e. The van der Waals surface area contributed by atoms with Crippen molar-refractivity contribution in [3.05, 3.63) is 65.9 Å². The number of hydrogen-bond acceptors (Lipinski definition) is 2.